The van der Waals surface area contributed by atoms with Crippen molar-refractivity contribution in [2.75, 3.05) is 10.6 Å². The lowest BCUT2D eigenvalue weighted by Crippen LogP contribution is -2.37. The average molecular weight is 343 g/mol. The Morgan fingerprint density at radius 2 is 1.96 bits per heavy atom. The molecule has 0 spiro atoms. The van der Waals surface area contributed by atoms with Gasteiger partial charge in [0.1, 0.15) is 5.58 Å². The van der Waals surface area contributed by atoms with Crippen LogP contribution in [0.25, 0.3) is 11.0 Å². The van der Waals surface area contributed by atoms with Gasteiger partial charge >= 0.3 is 11.7 Å². The van der Waals surface area contributed by atoms with Gasteiger partial charge < -0.3 is 15.1 Å². The van der Waals surface area contributed by atoms with E-state index in [1.165, 1.54) is 12.8 Å². The minimum absolute atomic E-state index is 0.0266. The first kappa shape index (κ1) is 17.3. The molecule has 0 unspecified atom stereocenters. The lowest BCUT2D eigenvalue weighted by atomic mass is 10.1. The summed E-state index contributed by atoms with van der Waals surface area (Å²) >= 11 is 0. The fourth-order valence-electron chi connectivity index (χ4n) is 3.16. The maximum atomic E-state index is 12.5. The Labute approximate surface area is 147 Å². The van der Waals surface area contributed by atoms with Gasteiger partial charge in [-0.2, -0.15) is 0 Å². The highest BCUT2D eigenvalue weighted by Crippen LogP contribution is 2.32. The third-order valence-corrected chi connectivity index (χ3v) is 4.75. The van der Waals surface area contributed by atoms with E-state index in [-0.39, 0.29) is 11.7 Å². The third-order valence-electron chi connectivity index (χ3n) is 4.75. The molecule has 1 aliphatic carbocycles. The molecular formula is C19H25N3O3. The normalized spacial score (nSPS) is 15.9. The Hall–Kier alpha value is -2.50. The Bertz CT molecular complexity index is 809. The zero-order valence-corrected chi connectivity index (χ0v) is 14.7. The summed E-state index contributed by atoms with van der Waals surface area (Å²) < 4.78 is 5.39. The number of benzene rings is 1. The Kier molecular flexibility index (Phi) is 5.26. The van der Waals surface area contributed by atoms with Crippen molar-refractivity contribution in [1.82, 2.24) is 5.32 Å². The first-order valence-electron chi connectivity index (χ1n) is 8.98. The standard InChI is InChI=1S/C19H25N3O3/c1-3-12(2)20-19(24)22-17-16(21-13-8-4-5-9-13)14-10-6-7-11-15(14)25-18(17)23/h6-7,10-13,21H,3-5,8-9H2,1-2H3,(H2,20,22,24)/t12-/m0/s1. The third kappa shape index (κ3) is 3.95. The predicted octanol–water partition coefficient (Wildman–Crippen LogP) is 4.07. The number of hydrogen-bond acceptors (Lipinski definition) is 4. The van der Waals surface area contributed by atoms with Gasteiger partial charge in [-0.1, -0.05) is 31.9 Å². The van der Waals surface area contributed by atoms with Crippen molar-refractivity contribution in [2.45, 2.75) is 58.0 Å². The Morgan fingerprint density at radius 1 is 1.24 bits per heavy atom. The molecule has 1 fully saturated rings. The summed E-state index contributed by atoms with van der Waals surface area (Å²) in [7, 11) is 0. The number of para-hydroxylation sites is 1. The molecule has 1 aliphatic rings. The first-order valence-corrected chi connectivity index (χ1v) is 8.98. The molecule has 1 saturated carbocycles. The van der Waals surface area contributed by atoms with Gasteiger partial charge in [-0.25, -0.2) is 9.59 Å². The van der Waals surface area contributed by atoms with Crippen molar-refractivity contribution in [1.29, 1.82) is 0 Å². The molecule has 3 N–H and O–H groups in total. The molecule has 1 atom stereocenters. The molecule has 0 aliphatic heterocycles. The summed E-state index contributed by atoms with van der Waals surface area (Å²) in [6.07, 6.45) is 5.29. The molecule has 1 aromatic carbocycles. The second kappa shape index (κ2) is 7.59. The second-order valence-electron chi connectivity index (χ2n) is 6.67. The van der Waals surface area contributed by atoms with Crippen LogP contribution in [-0.2, 0) is 0 Å². The largest absolute Gasteiger partial charge is 0.421 e. The van der Waals surface area contributed by atoms with Gasteiger partial charge in [0, 0.05) is 17.5 Å². The maximum Gasteiger partial charge on any atom is 0.362 e. The number of carbonyl (C=O) groups is 1. The zero-order valence-electron chi connectivity index (χ0n) is 14.7. The minimum atomic E-state index is -0.543. The number of hydrogen-bond donors (Lipinski definition) is 3. The molecule has 0 radical (unpaired) electrons. The van der Waals surface area contributed by atoms with E-state index in [1.807, 2.05) is 32.0 Å². The van der Waals surface area contributed by atoms with Crippen LogP contribution in [0.5, 0.6) is 0 Å². The van der Waals surface area contributed by atoms with E-state index < -0.39 is 11.7 Å². The van der Waals surface area contributed by atoms with Crippen LogP contribution >= 0.6 is 0 Å². The summed E-state index contributed by atoms with van der Waals surface area (Å²) in [5, 5.41) is 9.77. The van der Waals surface area contributed by atoms with Crippen LogP contribution in [0.2, 0.25) is 0 Å². The van der Waals surface area contributed by atoms with E-state index in [0.717, 1.165) is 24.6 Å². The number of carbonyl (C=O) groups excluding carboxylic acids is 1. The van der Waals surface area contributed by atoms with Gasteiger partial charge in [0.2, 0.25) is 0 Å². The van der Waals surface area contributed by atoms with Gasteiger partial charge in [-0.05, 0) is 38.3 Å². The Balaban J connectivity index is 1.98. The van der Waals surface area contributed by atoms with Gasteiger partial charge in [0.15, 0.2) is 5.69 Å². The highest BCUT2D eigenvalue weighted by atomic mass is 16.4. The summed E-state index contributed by atoms with van der Waals surface area (Å²) in [5.41, 5.74) is 0.795. The number of nitrogens with one attached hydrogen (secondary N) is 3. The number of anilines is 2. The van der Waals surface area contributed by atoms with Crippen molar-refractivity contribution in [3.05, 3.63) is 34.7 Å². The predicted molar refractivity (Wildman–Crippen MR) is 100 cm³/mol. The zero-order chi connectivity index (χ0) is 17.8. The molecule has 6 nitrogen and oxygen atoms in total. The molecule has 3 rings (SSSR count). The number of fused-ring (bicyclic) bond motifs is 1. The van der Waals surface area contributed by atoms with Gasteiger partial charge in [0.05, 0.1) is 5.69 Å². The van der Waals surface area contributed by atoms with E-state index >= 15 is 0 Å². The Morgan fingerprint density at radius 3 is 2.68 bits per heavy atom. The quantitative estimate of drug-likeness (QED) is 0.715. The second-order valence-corrected chi connectivity index (χ2v) is 6.67. The topological polar surface area (TPSA) is 83.4 Å². The van der Waals surface area contributed by atoms with Crippen molar-refractivity contribution in [2.24, 2.45) is 0 Å². The molecule has 1 heterocycles. The molecule has 2 aromatic rings. The highest BCUT2D eigenvalue weighted by molar-refractivity contribution is 6.01. The van der Waals surface area contributed by atoms with E-state index in [0.29, 0.717) is 17.3 Å². The van der Waals surface area contributed by atoms with Crippen molar-refractivity contribution >= 4 is 28.4 Å². The van der Waals surface area contributed by atoms with Crippen LogP contribution in [0.4, 0.5) is 16.2 Å². The molecule has 6 heteroatoms. The van der Waals surface area contributed by atoms with Gasteiger partial charge in [-0.15, -0.1) is 0 Å². The van der Waals surface area contributed by atoms with Crippen LogP contribution in [0.15, 0.2) is 33.5 Å². The van der Waals surface area contributed by atoms with E-state index in [1.54, 1.807) is 6.07 Å². The fourth-order valence-corrected chi connectivity index (χ4v) is 3.16. The highest BCUT2D eigenvalue weighted by Gasteiger charge is 2.22. The summed E-state index contributed by atoms with van der Waals surface area (Å²) in [6, 6.07) is 7.32. The van der Waals surface area contributed by atoms with E-state index in [4.69, 9.17) is 4.42 Å². The van der Waals surface area contributed by atoms with E-state index in [2.05, 4.69) is 16.0 Å². The number of amides is 2. The van der Waals surface area contributed by atoms with E-state index in [9.17, 15) is 9.59 Å². The van der Waals surface area contributed by atoms with Crippen LogP contribution in [0, 0.1) is 0 Å². The van der Waals surface area contributed by atoms with Gasteiger partial charge in [0.25, 0.3) is 0 Å². The van der Waals surface area contributed by atoms with Crippen LogP contribution in [-0.4, -0.2) is 18.1 Å². The van der Waals surface area contributed by atoms with Crippen LogP contribution in [0.3, 0.4) is 0 Å². The van der Waals surface area contributed by atoms with Crippen molar-refractivity contribution in [3.8, 4) is 0 Å². The molecular weight excluding hydrogens is 318 g/mol. The molecule has 0 saturated heterocycles. The summed E-state index contributed by atoms with van der Waals surface area (Å²) in [5.74, 6) is 0. The molecule has 2 amide bonds. The monoisotopic (exact) mass is 343 g/mol. The van der Waals surface area contributed by atoms with Crippen LogP contribution in [0.1, 0.15) is 46.0 Å². The van der Waals surface area contributed by atoms with Crippen molar-refractivity contribution < 1.29 is 9.21 Å². The molecule has 134 valence electrons. The van der Waals surface area contributed by atoms with Crippen LogP contribution < -0.4 is 21.6 Å². The lowest BCUT2D eigenvalue weighted by Gasteiger charge is -2.19. The molecule has 1 aromatic heterocycles. The smallest absolute Gasteiger partial charge is 0.362 e. The molecule has 0 bridgehead atoms. The first-order chi connectivity index (χ1) is 12.1. The summed E-state index contributed by atoms with van der Waals surface area (Å²) in [6.45, 7) is 3.91. The minimum Gasteiger partial charge on any atom is -0.421 e. The SMILES string of the molecule is CC[C@H](C)NC(=O)Nc1c(NC2CCCC2)c2ccccc2oc1=O. The van der Waals surface area contributed by atoms with Crippen molar-refractivity contribution in [3.63, 3.8) is 0 Å². The number of rotatable bonds is 5. The lowest BCUT2D eigenvalue weighted by molar-refractivity contribution is 0.249. The fraction of sp³-hybridized carbons (Fsp3) is 0.474. The maximum absolute atomic E-state index is 12.5. The summed E-state index contributed by atoms with van der Waals surface area (Å²) in [4.78, 5) is 24.7. The number of urea groups is 1. The molecule has 25 heavy (non-hydrogen) atoms. The van der Waals surface area contributed by atoms with Gasteiger partial charge in [-0.3, -0.25) is 5.32 Å². The average Bonchev–Trinajstić information content (AvgIpc) is 3.11.